The zero-order valence-corrected chi connectivity index (χ0v) is 40.3. The highest BCUT2D eigenvalue weighted by molar-refractivity contribution is 7.10. The molecule has 2 N–H and O–H groups in total. The van der Waals surface area contributed by atoms with E-state index in [2.05, 4.69) is 72.2 Å². The topological polar surface area (TPSA) is 154 Å². The largest absolute Gasteiger partial charge is 0.464 e. The van der Waals surface area contributed by atoms with Gasteiger partial charge in [-0.3, -0.25) is 24.4 Å². The molecule has 3 aromatic heterocycles. The number of benzene rings is 1. The van der Waals surface area contributed by atoms with Gasteiger partial charge >= 0.3 is 12.0 Å². The van der Waals surface area contributed by atoms with E-state index in [4.69, 9.17) is 19.4 Å². The number of cyclic esters (lactones) is 1. The lowest BCUT2D eigenvalue weighted by atomic mass is 9.84. The first-order valence-electron chi connectivity index (χ1n) is 22.7. The van der Waals surface area contributed by atoms with E-state index in [1.54, 1.807) is 25.3 Å². The van der Waals surface area contributed by atoms with Crippen molar-refractivity contribution in [2.24, 2.45) is 17.3 Å². The molecule has 1 unspecified atom stereocenters. The van der Waals surface area contributed by atoms with E-state index in [0.717, 1.165) is 44.7 Å². The molecule has 346 valence electrons. The molecule has 6 bridgehead atoms. The van der Waals surface area contributed by atoms with Gasteiger partial charge in [-0.1, -0.05) is 33.8 Å². The van der Waals surface area contributed by atoms with Crippen LogP contribution in [0, 0.1) is 17.3 Å². The van der Waals surface area contributed by atoms with Gasteiger partial charge in [-0.2, -0.15) is 0 Å². The lowest BCUT2D eigenvalue weighted by molar-refractivity contribution is -0.155. The third kappa shape index (κ3) is 9.56. The van der Waals surface area contributed by atoms with Crippen molar-refractivity contribution in [1.82, 2.24) is 45.0 Å². The number of likely N-dealkylation sites (N-methyl/N-ethyl adjacent to an activating group) is 1. The average molecular weight is 898 g/mol. The molecule has 5 atom stereocenters. The van der Waals surface area contributed by atoms with Crippen LogP contribution in [0.15, 0.2) is 41.9 Å². The Morgan fingerprint density at radius 1 is 1.11 bits per heavy atom. The fraction of sp³-hybridized carbons (Fsp3) is 0.583. The fourth-order valence-electron chi connectivity index (χ4n) is 9.48. The van der Waals surface area contributed by atoms with E-state index in [9.17, 15) is 19.2 Å². The maximum absolute atomic E-state index is 14.6. The summed E-state index contributed by atoms with van der Waals surface area (Å²) in [6.45, 7) is 16.7. The number of amides is 4. The van der Waals surface area contributed by atoms with Crippen molar-refractivity contribution in [3.05, 3.63) is 58.2 Å². The standard InChI is InChI=1S/C48H67N9O6S/c1-12-56-39-18-17-31-21-34(39)35(43(56)33-15-13-19-49-41(33)30(5)62-11)23-48(6,7)27-63-46(60)36-16-14-20-57(52-36)45(59)37(22-40-50-38(31)26-64-40)51-44(58)42(28(2)3)54(10)47(61)55-24-32(25-55)29(4)53(8)9/h13,15,17-19,21,26,28-30,32,36-37,42,52H,12,14,16,20,22-25,27H2,1-11H3,(H,51,58)/t29-,30+,36+,37+,42?/m1/s1. The number of rotatable bonds is 10. The van der Waals surface area contributed by atoms with Crippen LogP contribution < -0.4 is 10.7 Å². The fourth-order valence-corrected chi connectivity index (χ4v) is 10.3. The number of carbonyl (C=O) groups excluding carboxylic acids is 4. The van der Waals surface area contributed by atoms with Gasteiger partial charge in [0.15, 0.2) is 0 Å². The molecule has 4 aromatic rings. The van der Waals surface area contributed by atoms with Gasteiger partial charge in [0.1, 0.15) is 18.1 Å². The van der Waals surface area contributed by atoms with E-state index in [1.807, 2.05) is 46.3 Å². The summed E-state index contributed by atoms with van der Waals surface area (Å²) in [5.41, 5.74) is 9.40. The van der Waals surface area contributed by atoms with Gasteiger partial charge in [0.05, 0.1) is 34.8 Å². The Hall–Kier alpha value is -4.90. The Morgan fingerprint density at radius 3 is 2.55 bits per heavy atom. The second kappa shape index (κ2) is 19.3. The lowest BCUT2D eigenvalue weighted by Crippen LogP contribution is -2.64. The van der Waals surface area contributed by atoms with E-state index in [0.29, 0.717) is 62.4 Å². The van der Waals surface area contributed by atoms with Gasteiger partial charge < -0.3 is 34.1 Å². The zero-order valence-electron chi connectivity index (χ0n) is 39.4. The summed E-state index contributed by atoms with van der Waals surface area (Å²) in [7, 11) is 7.42. The predicted octanol–water partition coefficient (Wildman–Crippen LogP) is 6.16. The first-order valence-corrected chi connectivity index (χ1v) is 23.6. The molecule has 3 aliphatic heterocycles. The number of ether oxygens (including phenoxy) is 2. The summed E-state index contributed by atoms with van der Waals surface area (Å²) in [5, 5.41) is 8.23. The molecule has 0 radical (unpaired) electrons. The Bertz CT molecular complexity index is 2350. The van der Waals surface area contributed by atoms with Gasteiger partial charge in [-0.05, 0) is 89.9 Å². The Morgan fingerprint density at radius 2 is 1.86 bits per heavy atom. The second-order valence-electron chi connectivity index (χ2n) is 19.2. The Labute approximate surface area is 381 Å². The highest BCUT2D eigenvalue weighted by Gasteiger charge is 2.42. The van der Waals surface area contributed by atoms with E-state index in [1.165, 1.54) is 21.2 Å². The van der Waals surface area contributed by atoms with Crippen molar-refractivity contribution in [2.75, 3.05) is 54.5 Å². The molecule has 4 amide bonds. The lowest BCUT2D eigenvalue weighted by Gasteiger charge is -2.46. The number of hydrogen-bond acceptors (Lipinski definition) is 11. The van der Waals surface area contributed by atoms with Gasteiger partial charge in [0.2, 0.25) is 5.91 Å². The Kier molecular flexibility index (Phi) is 14.2. The molecular formula is C48H67N9O6S. The van der Waals surface area contributed by atoms with Crippen LogP contribution in [0.3, 0.4) is 0 Å². The number of carbonyl (C=O) groups is 4. The number of nitrogens with zero attached hydrogens (tertiary/aromatic N) is 7. The minimum absolute atomic E-state index is 0.112. The summed E-state index contributed by atoms with van der Waals surface area (Å²) in [6.07, 6.45) is 3.30. The zero-order chi connectivity index (χ0) is 46.2. The summed E-state index contributed by atoms with van der Waals surface area (Å²) in [6, 6.07) is 7.93. The molecule has 16 heteroatoms. The first kappa shape index (κ1) is 47.1. The number of fused-ring (bicyclic) bond motifs is 6. The number of urea groups is 1. The number of hydrogen-bond donors (Lipinski definition) is 2. The average Bonchev–Trinajstić information content (AvgIpc) is 3.85. The maximum atomic E-state index is 14.6. The molecular weight excluding hydrogens is 831 g/mol. The second-order valence-corrected chi connectivity index (χ2v) is 20.2. The van der Waals surface area contributed by atoms with Gasteiger partial charge in [0.25, 0.3) is 5.91 Å². The number of aromatic nitrogens is 3. The van der Waals surface area contributed by atoms with Crippen molar-refractivity contribution in [3.63, 3.8) is 0 Å². The number of methoxy groups -OCH3 is 1. The van der Waals surface area contributed by atoms with E-state index < -0.39 is 35.4 Å². The van der Waals surface area contributed by atoms with Crippen LogP contribution in [-0.2, 0) is 43.2 Å². The quantitative estimate of drug-likeness (QED) is 0.177. The van der Waals surface area contributed by atoms with Gasteiger partial charge in [-0.15, -0.1) is 11.3 Å². The number of aryl methyl sites for hydroxylation is 1. The summed E-state index contributed by atoms with van der Waals surface area (Å²) in [4.78, 5) is 72.0. The number of thiazole rings is 1. The molecule has 0 aliphatic carbocycles. The molecule has 1 aromatic carbocycles. The van der Waals surface area contributed by atoms with Crippen LogP contribution >= 0.6 is 11.3 Å². The molecule has 0 spiro atoms. The van der Waals surface area contributed by atoms with E-state index in [-0.39, 0.29) is 37.0 Å². The van der Waals surface area contributed by atoms with Crippen LogP contribution in [-0.4, -0.2) is 137 Å². The first-order chi connectivity index (χ1) is 30.4. The number of hydrazine groups is 1. The number of likely N-dealkylation sites (tertiary alicyclic amines) is 1. The number of nitrogens with one attached hydrogen (secondary N) is 2. The number of esters is 1. The van der Waals surface area contributed by atoms with Crippen LogP contribution in [0.5, 0.6) is 0 Å². The van der Waals surface area contributed by atoms with Gasteiger partial charge in [0, 0.05) is 97.7 Å². The molecule has 0 saturated carbocycles. The minimum Gasteiger partial charge on any atom is -0.464 e. The van der Waals surface area contributed by atoms with Crippen LogP contribution in [0.2, 0.25) is 0 Å². The summed E-state index contributed by atoms with van der Waals surface area (Å²) in [5.74, 6) is -1.16. The maximum Gasteiger partial charge on any atom is 0.324 e. The smallest absolute Gasteiger partial charge is 0.324 e. The van der Waals surface area contributed by atoms with Crippen LogP contribution in [0.1, 0.15) is 83.7 Å². The van der Waals surface area contributed by atoms with E-state index >= 15 is 0 Å². The molecule has 15 nitrogen and oxygen atoms in total. The molecule has 64 heavy (non-hydrogen) atoms. The molecule has 7 rings (SSSR count). The predicted molar refractivity (Wildman–Crippen MR) is 249 cm³/mol. The van der Waals surface area contributed by atoms with Crippen molar-refractivity contribution in [3.8, 4) is 22.5 Å². The molecule has 2 saturated heterocycles. The van der Waals surface area contributed by atoms with Gasteiger partial charge in [-0.25, -0.2) is 15.2 Å². The normalized spacial score (nSPS) is 21.0. The van der Waals surface area contributed by atoms with Crippen molar-refractivity contribution in [1.29, 1.82) is 0 Å². The summed E-state index contributed by atoms with van der Waals surface area (Å²) >= 11 is 1.43. The monoisotopic (exact) mass is 897 g/mol. The molecule has 2 fully saturated rings. The van der Waals surface area contributed by atoms with Crippen molar-refractivity contribution < 1.29 is 28.7 Å². The van der Waals surface area contributed by atoms with Crippen molar-refractivity contribution in [2.45, 2.75) is 111 Å². The SMILES string of the molecule is CCn1c(-c2cccnc2[C@H](C)OC)c2c3cc(ccc31)-c1csc(n1)C[C@H](NC(=O)C(C(C)C)N(C)C(=O)N1CC([C@@H](C)N(C)C)C1)C(=O)N1CCC[C@H](N1)C(=O)OCC(C)(C)C2. The number of pyridine rings is 1. The third-order valence-electron chi connectivity index (χ3n) is 13.5. The molecule has 3 aliphatic rings. The van der Waals surface area contributed by atoms with Crippen LogP contribution in [0.25, 0.3) is 33.4 Å². The highest BCUT2D eigenvalue weighted by Crippen LogP contribution is 2.42. The minimum atomic E-state index is -1.04. The van der Waals surface area contributed by atoms with Crippen molar-refractivity contribution >= 4 is 46.1 Å². The highest BCUT2D eigenvalue weighted by atomic mass is 32.1. The Balaban J connectivity index is 1.26. The summed E-state index contributed by atoms with van der Waals surface area (Å²) < 4.78 is 14.3. The van der Waals surface area contributed by atoms with Crippen LogP contribution in [0.4, 0.5) is 4.79 Å². The third-order valence-corrected chi connectivity index (χ3v) is 14.3. The molecule has 6 heterocycles.